The summed E-state index contributed by atoms with van der Waals surface area (Å²) >= 11 is 3.42. The molecule has 2 N–H and O–H groups in total. The van der Waals surface area contributed by atoms with Crippen LogP contribution in [0.3, 0.4) is 0 Å². The molecule has 1 heterocycles. The number of hydrogen-bond donors (Lipinski definition) is 2. The van der Waals surface area contributed by atoms with Crippen molar-refractivity contribution in [3.63, 3.8) is 0 Å². The van der Waals surface area contributed by atoms with Gasteiger partial charge in [0.2, 0.25) is 5.71 Å². The fourth-order valence-electron chi connectivity index (χ4n) is 1.59. The zero-order valence-electron chi connectivity index (χ0n) is 10.7. The van der Waals surface area contributed by atoms with E-state index in [1.165, 1.54) is 0 Å². The Morgan fingerprint density at radius 1 is 1.29 bits per heavy atom. The molecule has 6 nitrogen and oxygen atoms in total. The molecule has 0 aliphatic carbocycles. The molecule has 7 heteroatoms. The minimum Gasteiger partial charge on any atom is -0.459 e. The minimum atomic E-state index is -0.256. The maximum Gasteiger partial charge on any atom is 0.237 e. The van der Waals surface area contributed by atoms with Crippen molar-refractivity contribution < 1.29 is 9.52 Å². The lowest BCUT2D eigenvalue weighted by molar-refractivity contribution is 0.248. The van der Waals surface area contributed by atoms with Crippen molar-refractivity contribution in [3.05, 3.63) is 40.6 Å². The lowest BCUT2D eigenvalue weighted by atomic mass is 10.1. The van der Waals surface area contributed by atoms with E-state index in [0.717, 1.165) is 10.0 Å². The first-order valence-corrected chi connectivity index (χ1v) is 6.60. The molecule has 0 aliphatic heterocycles. The molecule has 1 aromatic carbocycles. The van der Waals surface area contributed by atoms with Crippen LogP contribution < -0.4 is 5.43 Å². The van der Waals surface area contributed by atoms with Crippen LogP contribution in [0.25, 0.3) is 11.3 Å². The molecule has 0 unspecified atom stereocenters. The first kappa shape index (κ1) is 14.8. The molecule has 0 saturated heterocycles. The number of aliphatic hydroxyl groups is 1. The van der Waals surface area contributed by atoms with Gasteiger partial charge < -0.3 is 9.52 Å². The Labute approximate surface area is 129 Å². The number of benzene rings is 1. The second-order valence-electron chi connectivity index (χ2n) is 3.91. The molecule has 0 spiro atoms. The van der Waals surface area contributed by atoms with Crippen LogP contribution in [0.1, 0.15) is 5.76 Å². The Hall–Kier alpha value is -2.61. The van der Waals surface area contributed by atoms with E-state index in [1.54, 1.807) is 42.5 Å². The number of furan rings is 1. The maximum atomic E-state index is 9.00. The van der Waals surface area contributed by atoms with Gasteiger partial charge in [0.15, 0.2) is 0 Å². The summed E-state index contributed by atoms with van der Waals surface area (Å²) in [6, 6.07) is 12.0. The third-order valence-corrected chi connectivity index (χ3v) is 3.22. The van der Waals surface area contributed by atoms with Crippen LogP contribution in [0.2, 0.25) is 0 Å². The van der Waals surface area contributed by atoms with E-state index < -0.39 is 0 Å². The molecule has 0 radical (unpaired) electrons. The minimum absolute atomic E-state index is 0.156. The molecule has 0 fully saturated rings. The van der Waals surface area contributed by atoms with E-state index in [0.29, 0.717) is 17.2 Å². The normalized spacial score (nSPS) is 9.52. The summed E-state index contributed by atoms with van der Waals surface area (Å²) in [7, 11) is 0. The number of nitrogens with one attached hydrogen (secondary N) is 1. The van der Waals surface area contributed by atoms with Crippen LogP contribution in [0.4, 0.5) is 5.69 Å². The van der Waals surface area contributed by atoms with E-state index in [9.17, 15) is 0 Å². The average Bonchev–Trinajstić information content (AvgIpc) is 2.97. The monoisotopic (exact) mass is 344 g/mol. The Morgan fingerprint density at radius 3 is 2.62 bits per heavy atom. The van der Waals surface area contributed by atoms with Gasteiger partial charge in [-0.1, -0.05) is 0 Å². The summed E-state index contributed by atoms with van der Waals surface area (Å²) in [6.07, 6.45) is 0. The first-order valence-electron chi connectivity index (χ1n) is 5.81. The number of hydrazone groups is 1. The fourth-order valence-corrected chi connectivity index (χ4v) is 2.16. The highest BCUT2D eigenvalue weighted by atomic mass is 79.9. The Morgan fingerprint density at radius 2 is 2.05 bits per heavy atom. The Kier molecular flexibility index (Phi) is 4.72. The van der Waals surface area contributed by atoms with Crippen molar-refractivity contribution >= 4 is 27.3 Å². The maximum absolute atomic E-state index is 9.00. The summed E-state index contributed by atoms with van der Waals surface area (Å²) in [5, 5.41) is 29.8. The van der Waals surface area contributed by atoms with Crippen molar-refractivity contribution in [1.29, 1.82) is 10.5 Å². The van der Waals surface area contributed by atoms with Gasteiger partial charge in [0, 0.05) is 10.0 Å². The molecule has 0 bridgehead atoms. The lowest BCUT2D eigenvalue weighted by Gasteiger charge is -2.05. The van der Waals surface area contributed by atoms with E-state index in [2.05, 4.69) is 26.5 Å². The van der Waals surface area contributed by atoms with Crippen molar-refractivity contribution in [2.75, 3.05) is 5.43 Å². The molecule has 0 atom stereocenters. The van der Waals surface area contributed by atoms with Crippen LogP contribution in [0.5, 0.6) is 0 Å². The first-order chi connectivity index (χ1) is 10.2. The molecular weight excluding hydrogens is 336 g/mol. The second kappa shape index (κ2) is 6.71. The van der Waals surface area contributed by atoms with Gasteiger partial charge in [-0.2, -0.15) is 15.6 Å². The second-order valence-corrected chi connectivity index (χ2v) is 4.77. The van der Waals surface area contributed by atoms with Gasteiger partial charge in [0.1, 0.15) is 30.3 Å². The largest absolute Gasteiger partial charge is 0.459 e. The van der Waals surface area contributed by atoms with E-state index in [4.69, 9.17) is 20.0 Å². The number of halogens is 1. The molecule has 0 saturated carbocycles. The van der Waals surface area contributed by atoms with Crippen molar-refractivity contribution in [2.45, 2.75) is 6.61 Å². The highest BCUT2D eigenvalue weighted by molar-refractivity contribution is 9.10. The molecule has 104 valence electrons. The van der Waals surface area contributed by atoms with E-state index in [1.807, 2.05) is 0 Å². The Balaban J connectivity index is 2.24. The zero-order chi connectivity index (χ0) is 15.2. The fraction of sp³-hybridized carbons (Fsp3) is 0.0714. The van der Waals surface area contributed by atoms with E-state index >= 15 is 0 Å². The highest BCUT2D eigenvalue weighted by Crippen LogP contribution is 2.32. The highest BCUT2D eigenvalue weighted by Gasteiger charge is 2.09. The van der Waals surface area contributed by atoms with E-state index in [-0.39, 0.29) is 12.3 Å². The molecule has 2 rings (SSSR count). The molecule has 2 aromatic rings. The van der Waals surface area contributed by atoms with Crippen LogP contribution >= 0.6 is 15.9 Å². The van der Waals surface area contributed by atoms with Crippen molar-refractivity contribution in [1.82, 2.24) is 0 Å². The van der Waals surface area contributed by atoms with Crippen LogP contribution in [0, 0.1) is 22.7 Å². The van der Waals surface area contributed by atoms with Gasteiger partial charge in [0.05, 0.1) is 5.69 Å². The van der Waals surface area contributed by atoms with Gasteiger partial charge in [-0.3, -0.25) is 5.43 Å². The summed E-state index contributed by atoms with van der Waals surface area (Å²) in [5.74, 6) is 1.10. The number of hydrogen-bond acceptors (Lipinski definition) is 6. The summed E-state index contributed by atoms with van der Waals surface area (Å²) in [4.78, 5) is 0. The number of anilines is 1. The molecule has 21 heavy (non-hydrogen) atoms. The SMILES string of the molecule is N#CC(C#N)=NNc1ccc(-c2ccc(CO)o2)c(Br)c1. The van der Waals surface area contributed by atoms with Crippen molar-refractivity contribution in [3.8, 4) is 23.5 Å². The van der Waals surface area contributed by atoms with Gasteiger partial charge >= 0.3 is 0 Å². The van der Waals surface area contributed by atoms with Gasteiger partial charge in [-0.05, 0) is 46.3 Å². The standard InChI is InChI=1S/C14H9BrN4O2/c15-13-5-9(18-19-10(6-16)7-17)1-3-12(13)14-4-2-11(8-20)21-14/h1-5,18,20H,8H2. The van der Waals surface area contributed by atoms with Crippen LogP contribution in [0.15, 0.2) is 44.3 Å². The van der Waals surface area contributed by atoms with Crippen LogP contribution in [-0.2, 0) is 6.61 Å². The molecule has 0 amide bonds. The topological polar surface area (TPSA) is 105 Å². The number of nitriles is 2. The smallest absolute Gasteiger partial charge is 0.237 e. The summed E-state index contributed by atoms with van der Waals surface area (Å²) < 4.78 is 6.21. The van der Waals surface area contributed by atoms with Gasteiger partial charge in [-0.25, -0.2) is 0 Å². The van der Waals surface area contributed by atoms with Crippen molar-refractivity contribution in [2.24, 2.45) is 5.10 Å². The number of rotatable bonds is 4. The summed E-state index contributed by atoms with van der Waals surface area (Å²) in [5.41, 5.74) is 3.79. The quantitative estimate of drug-likeness (QED) is 0.655. The lowest BCUT2D eigenvalue weighted by Crippen LogP contribution is -1.96. The van der Waals surface area contributed by atoms with Crippen LogP contribution in [-0.4, -0.2) is 10.8 Å². The predicted octanol–water partition coefficient (Wildman–Crippen LogP) is 3.02. The summed E-state index contributed by atoms with van der Waals surface area (Å²) in [6.45, 7) is -0.156. The molecule has 0 aliphatic rings. The predicted molar refractivity (Wildman–Crippen MR) is 80.1 cm³/mol. The third-order valence-electron chi connectivity index (χ3n) is 2.56. The molecule has 1 aromatic heterocycles. The Bertz CT molecular complexity index is 752. The molecular formula is C14H9BrN4O2. The number of nitrogens with zero attached hydrogens (tertiary/aromatic N) is 3. The van der Waals surface area contributed by atoms with Gasteiger partial charge in [0.25, 0.3) is 0 Å². The zero-order valence-corrected chi connectivity index (χ0v) is 12.3. The van der Waals surface area contributed by atoms with Gasteiger partial charge in [-0.15, -0.1) is 0 Å². The average molecular weight is 345 g/mol. The number of aliphatic hydroxyl groups excluding tert-OH is 1. The third kappa shape index (κ3) is 3.48.